The Labute approximate surface area is 111 Å². The lowest BCUT2D eigenvalue weighted by molar-refractivity contribution is -0.145. The minimum Gasteiger partial charge on any atom is -0.465 e. The number of carbonyl (C=O) groups is 1. The molecule has 1 heterocycles. The van der Waals surface area contributed by atoms with Gasteiger partial charge in [-0.1, -0.05) is 19.3 Å². The third-order valence-corrected chi connectivity index (χ3v) is 4.42. The smallest absolute Gasteiger partial charge is 0.305 e. The van der Waals surface area contributed by atoms with Crippen molar-refractivity contribution in [2.24, 2.45) is 11.8 Å². The second kappa shape index (κ2) is 7.78. The minimum atomic E-state index is 0.0270. The van der Waals surface area contributed by atoms with Gasteiger partial charge in [0.15, 0.2) is 0 Å². The van der Waals surface area contributed by atoms with E-state index in [2.05, 4.69) is 5.32 Å². The fourth-order valence-corrected chi connectivity index (χ4v) is 3.13. The maximum Gasteiger partial charge on any atom is 0.305 e. The van der Waals surface area contributed by atoms with Crippen LogP contribution in [0.4, 0.5) is 0 Å². The van der Waals surface area contributed by atoms with Crippen molar-refractivity contribution < 1.29 is 9.53 Å². The van der Waals surface area contributed by atoms with Crippen LogP contribution >= 0.6 is 0 Å². The molecule has 1 aliphatic heterocycles. The molecule has 0 aromatic rings. The van der Waals surface area contributed by atoms with Crippen LogP contribution in [0, 0.1) is 11.8 Å². The molecule has 3 heteroatoms. The summed E-state index contributed by atoms with van der Waals surface area (Å²) in [6.07, 6.45) is 10.6. The van der Waals surface area contributed by atoms with E-state index in [1.165, 1.54) is 44.9 Å². The van der Waals surface area contributed by atoms with Crippen molar-refractivity contribution in [1.29, 1.82) is 0 Å². The summed E-state index contributed by atoms with van der Waals surface area (Å²) in [6, 6.07) is 0. The van der Waals surface area contributed by atoms with Crippen molar-refractivity contribution in [2.75, 3.05) is 19.7 Å². The van der Waals surface area contributed by atoms with Crippen LogP contribution in [-0.4, -0.2) is 25.7 Å². The van der Waals surface area contributed by atoms with Crippen LogP contribution < -0.4 is 5.32 Å². The minimum absolute atomic E-state index is 0.0270. The maximum absolute atomic E-state index is 11.7. The summed E-state index contributed by atoms with van der Waals surface area (Å²) >= 11 is 0. The summed E-state index contributed by atoms with van der Waals surface area (Å²) in [6.45, 7) is 2.90. The van der Waals surface area contributed by atoms with Gasteiger partial charge in [0, 0.05) is 6.42 Å². The summed E-state index contributed by atoms with van der Waals surface area (Å²) < 4.78 is 5.42. The van der Waals surface area contributed by atoms with Crippen LogP contribution in [0.15, 0.2) is 0 Å². The zero-order valence-electron chi connectivity index (χ0n) is 11.5. The molecular formula is C15H27NO2. The zero-order chi connectivity index (χ0) is 12.6. The quantitative estimate of drug-likeness (QED) is 0.766. The van der Waals surface area contributed by atoms with Gasteiger partial charge < -0.3 is 10.1 Å². The van der Waals surface area contributed by atoms with E-state index in [-0.39, 0.29) is 5.97 Å². The van der Waals surface area contributed by atoms with E-state index in [4.69, 9.17) is 4.74 Å². The molecule has 0 unspecified atom stereocenters. The van der Waals surface area contributed by atoms with Gasteiger partial charge in [0.25, 0.3) is 0 Å². The molecule has 1 saturated heterocycles. The largest absolute Gasteiger partial charge is 0.465 e. The second-order valence-electron chi connectivity index (χ2n) is 5.92. The van der Waals surface area contributed by atoms with E-state index in [1.54, 1.807) is 0 Å². The van der Waals surface area contributed by atoms with E-state index in [0.717, 1.165) is 25.4 Å². The lowest BCUT2D eigenvalue weighted by Gasteiger charge is -2.23. The average Bonchev–Trinajstić information content (AvgIpc) is 2.45. The van der Waals surface area contributed by atoms with Crippen molar-refractivity contribution in [2.45, 2.75) is 57.8 Å². The van der Waals surface area contributed by atoms with Crippen LogP contribution in [0.1, 0.15) is 57.8 Å². The predicted molar refractivity (Wildman–Crippen MR) is 72.4 cm³/mol. The molecule has 0 bridgehead atoms. The van der Waals surface area contributed by atoms with Crippen molar-refractivity contribution in [3.8, 4) is 0 Å². The molecule has 0 aromatic heterocycles. The Morgan fingerprint density at radius 3 is 2.44 bits per heavy atom. The van der Waals surface area contributed by atoms with Crippen LogP contribution in [-0.2, 0) is 9.53 Å². The number of hydrogen-bond acceptors (Lipinski definition) is 3. The topological polar surface area (TPSA) is 38.3 Å². The summed E-state index contributed by atoms with van der Waals surface area (Å²) in [7, 11) is 0. The van der Waals surface area contributed by atoms with E-state index < -0.39 is 0 Å². The lowest BCUT2D eigenvalue weighted by atomic mass is 9.90. The molecule has 0 radical (unpaired) electrons. The average molecular weight is 253 g/mol. The van der Waals surface area contributed by atoms with Gasteiger partial charge >= 0.3 is 5.97 Å². The number of rotatable bonds is 5. The van der Waals surface area contributed by atoms with Gasteiger partial charge in [-0.05, 0) is 57.0 Å². The molecule has 0 spiro atoms. The molecule has 18 heavy (non-hydrogen) atoms. The summed E-state index contributed by atoms with van der Waals surface area (Å²) in [5.41, 5.74) is 0. The van der Waals surface area contributed by atoms with E-state index in [1.807, 2.05) is 0 Å². The SMILES string of the molecule is O=C(CCC1CCNCC1)OCC1CCCCC1. The Balaban J connectivity index is 1.54. The van der Waals surface area contributed by atoms with Crippen molar-refractivity contribution >= 4 is 5.97 Å². The number of piperidine rings is 1. The Bertz CT molecular complexity index is 219. The van der Waals surface area contributed by atoms with Gasteiger partial charge in [0.05, 0.1) is 6.61 Å². The van der Waals surface area contributed by atoms with E-state index in [9.17, 15) is 4.79 Å². The third kappa shape index (κ3) is 4.97. The first-order valence-electron chi connectivity index (χ1n) is 7.71. The molecular weight excluding hydrogens is 226 g/mol. The Morgan fingerprint density at radius 2 is 1.72 bits per heavy atom. The van der Waals surface area contributed by atoms with Gasteiger partial charge in [-0.3, -0.25) is 4.79 Å². The number of nitrogens with one attached hydrogen (secondary N) is 1. The standard InChI is InChI=1S/C15H27NO2/c17-15(7-6-13-8-10-16-11-9-13)18-12-14-4-2-1-3-5-14/h13-14,16H,1-12H2. The van der Waals surface area contributed by atoms with Gasteiger partial charge in [-0.15, -0.1) is 0 Å². The summed E-state index contributed by atoms with van der Waals surface area (Å²) in [5, 5.41) is 3.35. The molecule has 1 N–H and O–H groups in total. The van der Waals surface area contributed by atoms with Crippen LogP contribution in [0.25, 0.3) is 0 Å². The van der Waals surface area contributed by atoms with Crippen LogP contribution in [0.2, 0.25) is 0 Å². The zero-order valence-corrected chi connectivity index (χ0v) is 11.5. The number of hydrogen-bond donors (Lipinski definition) is 1. The van der Waals surface area contributed by atoms with Gasteiger partial charge in [-0.25, -0.2) is 0 Å². The molecule has 0 atom stereocenters. The third-order valence-electron chi connectivity index (χ3n) is 4.42. The molecule has 1 aliphatic carbocycles. The molecule has 1 saturated carbocycles. The Morgan fingerprint density at radius 1 is 1.00 bits per heavy atom. The van der Waals surface area contributed by atoms with Crippen molar-refractivity contribution in [3.05, 3.63) is 0 Å². The normalized spacial score (nSPS) is 22.9. The number of esters is 1. The van der Waals surface area contributed by atoms with E-state index in [0.29, 0.717) is 18.9 Å². The van der Waals surface area contributed by atoms with Gasteiger partial charge in [-0.2, -0.15) is 0 Å². The Kier molecular flexibility index (Phi) is 5.98. The highest BCUT2D eigenvalue weighted by atomic mass is 16.5. The van der Waals surface area contributed by atoms with Crippen LogP contribution in [0.3, 0.4) is 0 Å². The summed E-state index contributed by atoms with van der Waals surface area (Å²) in [5.74, 6) is 1.40. The molecule has 3 nitrogen and oxygen atoms in total. The number of ether oxygens (including phenoxy) is 1. The second-order valence-corrected chi connectivity index (χ2v) is 5.92. The first-order valence-corrected chi connectivity index (χ1v) is 7.71. The first-order chi connectivity index (χ1) is 8.84. The lowest BCUT2D eigenvalue weighted by Crippen LogP contribution is -2.28. The van der Waals surface area contributed by atoms with E-state index >= 15 is 0 Å². The molecule has 0 aromatic carbocycles. The molecule has 2 rings (SSSR count). The first kappa shape index (κ1) is 13.9. The fourth-order valence-electron chi connectivity index (χ4n) is 3.13. The highest BCUT2D eigenvalue weighted by molar-refractivity contribution is 5.69. The predicted octanol–water partition coefficient (Wildman–Crippen LogP) is 2.89. The van der Waals surface area contributed by atoms with Crippen molar-refractivity contribution in [3.63, 3.8) is 0 Å². The molecule has 2 aliphatic rings. The van der Waals surface area contributed by atoms with Crippen molar-refractivity contribution in [1.82, 2.24) is 5.32 Å². The fraction of sp³-hybridized carbons (Fsp3) is 0.933. The highest BCUT2D eigenvalue weighted by Crippen LogP contribution is 2.24. The number of carbonyl (C=O) groups excluding carboxylic acids is 1. The van der Waals surface area contributed by atoms with Crippen LogP contribution in [0.5, 0.6) is 0 Å². The highest BCUT2D eigenvalue weighted by Gasteiger charge is 2.17. The monoisotopic (exact) mass is 253 g/mol. The molecule has 2 fully saturated rings. The van der Waals surface area contributed by atoms with Gasteiger partial charge in [0.2, 0.25) is 0 Å². The summed E-state index contributed by atoms with van der Waals surface area (Å²) in [4.78, 5) is 11.7. The van der Waals surface area contributed by atoms with Gasteiger partial charge in [0.1, 0.15) is 0 Å². The molecule has 0 amide bonds. The molecule has 104 valence electrons. The Hall–Kier alpha value is -0.570. The maximum atomic E-state index is 11.7.